The summed E-state index contributed by atoms with van der Waals surface area (Å²) >= 11 is 1.48. The summed E-state index contributed by atoms with van der Waals surface area (Å²) in [6, 6.07) is 4.12. The predicted molar refractivity (Wildman–Crippen MR) is 111 cm³/mol. The van der Waals surface area contributed by atoms with Crippen LogP contribution in [0, 0.1) is 12.3 Å². The molecular formula is C21H26F3N3O4S. The Morgan fingerprint density at radius 1 is 1.16 bits per heavy atom. The number of thiazole rings is 1. The lowest BCUT2D eigenvalue weighted by molar-refractivity contribution is -0.192. The van der Waals surface area contributed by atoms with Gasteiger partial charge in [-0.25, -0.2) is 9.78 Å². The maximum absolute atomic E-state index is 12.4. The van der Waals surface area contributed by atoms with Crippen molar-refractivity contribution in [3.8, 4) is 0 Å². The minimum Gasteiger partial charge on any atom is -0.475 e. The second-order valence-corrected chi connectivity index (χ2v) is 8.98. The van der Waals surface area contributed by atoms with Crippen molar-refractivity contribution in [1.29, 1.82) is 0 Å². The average molecular weight is 474 g/mol. The number of carboxylic acids is 1. The number of piperidine rings is 2. The molecule has 1 spiro atoms. The number of hydrogen-bond donors (Lipinski definition) is 1. The van der Waals surface area contributed by atoms with Gasteiger partial charge in [0.15, 0.2) is 0 Å². The Balaban J connectivity index is 0.000000360. The molecule has 32 heavy (non-hydrogen) atoms. The maximum Gasteiger partial charge on any atom is 0.490 e. The number of rotatable bonds is 3. The number of carbonyl (C=O) groups is 2. The van der Waals surface area contributed by atoms with E-state index in [1.54, 1.807) is 5.51 Å². The van der Waals surface area contributed by atoms with Gasteiger partial charge in [0.05, 0.1) is 12.1 Å². The largest absolute Gasteiger partial charge is 0.490 e. The molecule has 0 saturated carbocycles. The molecule has 0 radical (unpaired) electrons. The van der Waals surface area contributed by atoms with Gasteiger partial charge in [-0.05, 0) is 63.2 Å². The van der Waals surface area contributed by atoms with Crippen LogP contribution in [0.5, 0.6) is 0 Å². The summed E-state index contributed by atoms with van der Waals surface area (Å²) in [4.78, 5) is 30.0. The normalized spacial score (nSPS) is 18.8. The second-order valence-electron chi connectivity index (χ2n) is 8.26. The Bertz CT molecular complexity index is 896. The number of amides is 1. The van der Waals surface area contributed by atoms with E-state index < -0.39 is 12.1 Å². The van der Waals surface area contributed by atoms with E-state index in [0.717, 1.165) is 57.1 Å². The highest BCUT2D eigenvalue weighted by molar-refractivity contribution is 7.07. The number of furan rings is 1. The van der Waals surface area contributed by atoms with Crippen LogP contribution in [0.15, 0.2) is 27.4 Å². The molecule has 176 valence electrons. The number of aryl methyl sites for hydroxylation is 1. The molecule has 4 heterocycles. The zero-order chi connectivity index (χ0) is 23.4. The van der Waals surface area contributed by atoms with Crippen molar-refractivity contribution >= 4 is 23.2 Å². The highest BCUT2D eigenvalue weighted by atomic mass is 32.1. The van der Waals surface area contributed by atoms with Gasteiger partial charge in [-0.2, -0.15) is 13.2 Å². The van der Waals surface area contributed by atoms with Gasteiger partial charge >= 0.3 is 12.1 Å². The van der Waals surface area contributed by atoms with Gasteiger partial charge in [-0.1, -0.05) is 0 Å². The van der Waals surface area contributed by atoms with Gasteiger partial charge in [0.25, 0.3) is 5.91 Å². The van der Waals surface area contributed by atoms with Crippen LogP contribution in [-0.2, 0) is 11.3 Å². The van der Waals surface area contributed by atoms with E-state index in [1.165, 1.54) is 24.2 Å². The van der Waals surface area contributed by atoms with Crippen LogP contribution in [0.4, 0.5) is 13.2 Å². The lowest BCUT2D eigenvalue weighted by Gasteiger charge is -2.46. The third kappa shape index (κ3) is 6.32. The number of likely N-dealkylation sites (tertiary alicyclic amines) is 2. The first-order valence-electron chi connectivity index (χ1n) is 10.3. The molecule has 2 aliphatic rings. The van der Waals surface area contributed by atoms with Crippen molar-refractivity contribution in [1.82, 2.24) is 14.8 Å². The first-order chi connectivity index (χ1) is 15.1. The number of aromatic nitrogens is 1. The SMILES string of the molecule is Cc1ccc(CN2CCC3(CC2)CCN(C(=O)c2cscn2)CC3)o1.O=C(O)C(F)(F)F. The van der Waals surface area contributed by atoms with E-state index in [0.29, 0.717) is 11.1 Å². The molecule has 4 rings (SSSR count). The van der Waals surface area contributed by atoms with Crippen LogP contribution in [0.1, 0.15) is 47.7 Å². The van der Waals surface area contributed by atoms with Crippen molar-refractivity contribution in [3.63, 3.8) is 0 Å². The molecule has 1 amide bonds. The number of nitrogens with zero attached hydrogens (tertiary/aromatic N) is 3. The lowest BCUT2D eigenvalue weighted by Crippen LogP contribution is -2.48. The Morgan fingerprint density at radius 3 is 2.22 bits per heavy atom. The fraction of sp³-hybridized carbons (Fsp3) is 0.571. The minimum atomic E-state index is -5.08. The molecule has 2 aromatic rings. The summed E-state index contributed by atoms with van der Waals surface area (Å²) in [7, 11) is 0. The molecule has 2 saturated heterocycles. The number of aliphatic carboxylic acids is 1. The van der Waals surface area contributed by atoms with Crippen LogP contribution < -0.4 is 0 Å². The zero-order valence-corrected chi connectivity index (χ0v) is 18.5. The van der Waals surface area contributed by atoms with Crippen molar-refractivity contribution in [2.75, 3.05) is 26.2 Å². The Kier molecular flexibility index (Phi) is 7.60. The first kappa shape index (κ1) is 24.2. The molecule has 0 atom stereocenters. The average Bonchev–Trinajstić information content (AvgIpc) is 3.42. The number of alkyl halides is 3. The lowest BCUT2D eigenvalue weighted by atomic mass is 9.71. The van der Waals surface area contributed by atoms with Crippen molar-refractivity contribution in [3.05, 3.63) is 40.2 Å². The van der Waals surface area contributed by atoms with Crippen molar-refractivity contribution in [2.45, 2.75) is 45.3 Å². The van der Waals surface area contributed by atoms with Crippen molar-refractivity contribution < 1.29 is 32.3 Å². The van der Waals surface area contributed by atoms with Crippen LogP contribution >= 0.6 is 11.3 Å². The summed E-state index contributed by atoms with van der Waals surface area (Å²) in [5.41, 5.74) is 2.76. The summed E-state index contributed by atoms with van der Waals surface area (Å²) in [5, 5.41) is 8.97. The molecule has 2 aliphatic heterocycles. The maximum atomic E-state index is 12.4. The fourth-order valence-electron chi connectivity index (χ4n) is 4.14. The highest BCUT2D eigenvalue weighted by Gasteiger charge is 2.39. The van der Waals surface area contributed by atoms with E-state index in [9.17, 15) is 18.0 Å². The van der Waals surface area contributed by atoms with E-state index in [1.807, 2.05) is 23.3 Å². The van der Waals surface area contributed by atoms with Crippen molar-refractivity contribution in [2.24, 2.45) is 5.41 Å². The number of halogens is 3. The van der Waals surface area contributed by atoms with Crippen LogP contribution in [0.2, 0.25) is 0 Å². The van der Waals surface area contributed by atoms with Gasteiger partial charge in [0, 0.05) is 18.5 Å². The van der Waals surface area contributed by atoms with E-state index in [-0.39, 0.29) is 5.91 Å². The monoisotopic (exact) mass is 473 g/mol. The molecule has 1 N–H and O–H groups in total. The molecule has 0 unspecified atom stereocenters. The fourth-order valence-corrected chi connectivity index (χ4v) is 4.67. The minimum absolute atomic E-state index is 0.0988. The van der Waals surface area contributed by atoms with Gasteiger partial charge in [-0.15, -0.1) is 11.3 Å². The van der Waals surface area contributed by atoms with Crippen LogP contribution in [-0.4, -0.2) is 64.1 Å². The molecule has 2 fully saturated rings. The number of carbonyl (C=O) groups excluding carboxylic acids is 1. The predicted octanol–water partition coefficient (Wildman–Crippen LogP) is 4.20. The Morgan fingerprint density at radius 2 is 1.75 bits per heavy atom. The van der Waals surface area contributed by atoms with Gasteiger partial charge in [0.1, 0.15) is 17.2 Å². The molecule has 0 aliphatic carbocycles. The van der Waals surface area contributed by atoms with E-state index >= 15 is 0 Å². The Hall–Kier alpha value is -2.40. The molecule has 7 nitrogen and oxygen atoms in total. The molecule has 2 aromatic heterocycles. The number of hydrogen-bond acceptors (Lipinski definition) is 6. The molecule has 0 aromatic carbocycles. The van der Waals surface area contributed by atoms with Gasteiger partial charge < -0.3 is 14.4 Å². The summed E-state index contributed by atoms with van der Waals surface area (Å²) in [5.74, 6) is -0.605. The third-order valence-electron chi connectivity index (χ3n) is 6.10. The standard InChI is InChI=1S/C19H25N3O2S.C2HF3O2/c1-15-2-3-16(24-15)12-21-8-4-19(5-9-21)6-10-22(11-7-19)18(23)17-13-25-14-20-17;3-2(4,5)1(6)7/h2-3,13-14H,4-12H2,1H3;(H,6,7). The highest BCUT2D eigenvalue weighted by Crippen LogP contribution is 2.41. The van der Waals surface area contributed by atoms with Crippen LogP contribution in [0.25, 0.3) is 0 Å². The summed E-state index contributed by atoms with van der Waals surface area (Å²) in [6.45, 7) is 6.90. The summed E-state index contributed by atoms with van der Waals surface area (Å²) in [6.07, 6.45) is -0.385. The van der Waals surface area contributed by atoms with Crippen LogP contribution in [0.3, 0.4) is 0 Å². The van der Waals surface area contributed by atoms with Gasteiger partial charge in [-0.3, -0.25) is 9.69 Å². The zero-order valence-electron chi connectivity index (χ0n) is 17.7. The summed E-state index contributed by atoms with van der Waals surface area (Å²) < 4.78 is 37.4. The smallest absolute Gasteiger partial charge is 0.475 e. The van der Waals surface area contributed by atoms with E-state index in [4.69, 9.17) is 14.3 Å². The quantitative estimate of drug-likeness (QED) is 0.719. The molecule has 0 bridgehead atoms. The Labute approximate surface area is 187 Å². The topological polar surface area (TPSA) is 86.9 Å². The molecular weight excluding hydrogens is 447 g/mol. The second kappa shape index (κ2) is 10.0. The number of carboxylic acid groups (broad SMARTS) is 1. The first-order valence-corrected chi connectivity index (χ1v) is 11.3. The molecule has 11 heteroatoms. The third-order valence-corrected chi connectivity index (χ3v) is 6.68. The van der Waals surface area contributed by atoms with Gasteiger partial charge in [0.2, 0.25) is 0 Å². The van der Waals surface area contributed by atoms with E-state index in [2.05, 4.69) is 16.0 Å².